The minimum absolute atomic E-state index is 0. The Kier molecular flexibility index (Phi) is 2.96. The number of hydrogen-bond acceptors (Lipinski definition) is 4. The normalized spacial score (nSPS) is 9.57. The van der Waals surface area contributed by atoms with Crippen LogP contribution in [0.4, 0.5) is 0 Å². The molecule has 0 radical (unpaired) electrons. The van der Waals surface area contributed by atoms with Crippen LogP contribution in [0.15, 0.2) is 22.9 Å². The standard InChI is InChI=1S/C9H9N3O.CH4/c1-6-5-8(3-4-10-6)9-11-7(2)13-12-9;/h3-5H,1-2H3;1H4. The van der Waals surface area contributed by atoms with Crippen LogP contribution in [0.2, 0.25) is 0 Å². The van der Waals surface area contributed by atoms with E-state index >= 15 is 0 Å². The Hall–Kier alpha value is -1.71. The molecule has 2 aromatic rings. The van der Waals surface area contributed by atoms with Crippen molar-refractivity contribution in [3.8, 4) is 11.4 Å². The third-order valence-electron chi connectivity index (χ3n) is 1.68. The van der Waals surface area contributed by atoms with Crippen LogP contribution in [-0.2, 0) is 0 Å². The average Bonchev–Trinajstić information content (AvgIpc) is 2.52. The molecule has 0 aliphatic rings. The summed E-state index contributed by atoms with van der Waals surface area (Å²) in [5.41, 5.74) is 1.88. The van der Waals surface area contributed by atoms with Crippen molar-refractivity contribution in [3.05, 3.63) is 29.9 Å². The molecular formula is C10H13N3O. The molecular weight excluding hydrogens is 178 g/mol. The van der Waals surface area contributed by atoms with Gasteiger partial charge in [-0.1, -0.05) is 12.6 Å². The van der Waals surface area contributed by atoms with E-state index in [0.717, 1.165) is 11.3 Å². The van der Waals surface area contributed by atoms with Gasteiger partial charge in [0, 0.05) is 24.4 Å². The Labute approximate surface area is 83.0 Å². The van der Waals surface area contributed by atoms with E-state index in [9.17, 15) is 0 Å². The van der Waals surface area contributed by atoms with Gasteiger partial charge in [0.05, 0.1) is 0 Å². The first-order valence-electron chi connectivity index (χ1n) is 3.99. The predicted molar refractivity (Wildman–Crippen MR) is 53.7 cm³/mol. The summed E-state index contributed by atoms with van der Waals surface area (Å²) in [5, 5.41) is 3.81. The third kappa shape index (κ3) is 1.96. The van der Waals surface area contributed by atoms with Crippen LogP contribution in [-0.4, -0.2) is 15.1 Å². The van der Waals surface area contributed by atoms with Crippen LogP contribution in [0.25, 0.3) is 11.4 Å². The fraction of sp³-hybridized carbons (Fsp3) is 0.300. The maximum Gasteiger partial charge on any atom is 0.223 e. The van der Waals surface area contributed by atoms with Crippen molar-refractivity contribution in [1.82, 2.24) is 15.1 Å². The second-order valence-corrected chi connectivity index (χ2v) is 2.82. The van der Waals surface area contributed by atoms with Crippen LogP contribution in [0.5, 0.6) is 0 Å². The molecule has 0 saturated heterocycles. The Bertz CT molecular complexity index is 423. The minimum atomic E-state index is 0. The van der Waals surface area contributed by atoms with Gasteiger partial charge in [0.25, 0.3) is 0 Å². The number of hydrogen-bond donors (Lipinski definition) is 0. The lowest BCUT2D eigenvalue weighted by Crippen LogP contribution is -1.84. The molecule has 0 atom stereocenters. The quantitative estimate of drug-likeness (QED) is 0.694. The lowest BCUT2D eigenvalue weighted by Gasteiger charge is -1.94. The maximum atomic E-state index is 4.88. The second kappa shape index (κ2) is 4.00. The fourth-order valence-electron chi connectivity index (χ4n) is 1.10. The van der Waals surface area contributed by atoms with Crippen molar-refractivity contribution in [1.29, 1.82) is 0 Å². The van der Waals surface area contributed by atoms with Crippen molar-refractivity contribution in [2.45, 2.75) is 21.3 Å². The zero-order valence-electron chi connectivity index (χ0n) is 7.48. The average molecular weight is 191 g/mol. The lowest BCUT2D eigenvalue weighted by molar-refractivity contribution is 0.394. The van der Waals surface area contributed by atoms with E-state index in [1.165, 1.54) is 0 Å². The molecule has 74 valence electrons. The van der Waals surface area contributed by atoms with Gasteiger partial charge in [-0.2, -0.15) is 4.98 Å². The predicted octanol–water partition coefficient (Wildman–Crippen LogP) is 2.38. The largest absolute Gasteiger partial charge is 0.339 e. The second-order valence-electron chi connectivity index (χ2n) is 2.82. The first-order chi connectivity index (χ1) is 6.25. The van der Waals surface area contributed by atoms with Gasteiger partial charge in [-0.25, -0.2) is 0 Å². The highest BCUT2D eigenvalue weighted by Crippen LogP contribution is 2.14. The van der Waals surface area contributed by atoms with Crippen molar-refractivity contribution in [2.24, 2.45) is 0 Å². The molecule has 2 rings (SSSR count). The lowest BCUT2D eigenvalue weighted by atomic mass is 10.2. The van der Waals surface area contributed by atoms with E-state index < -0.39 is 0 Å². The van der Waals surface area contributed by atoms with Gasteiger partial charge in [0.15, 0.2) is 0 Å². The van der Waals surface area contributed by atoms with Crippen molar-refractivity contribution in [3.63, 3.8) is 0 Å². The highest BCUT2D eigenvalue weighted by atomic mass is 16.5. The molecule has 0 bridgehead atoms. The summed E-state index contributed by atoms with van der Waals surface area (Å²) < 4.78 is 4.88. The molecule has 0 amide bonds. The monoisotopic (exact) mass is 191 g/mol. The Balaban J connectivity index is 0.000000980. The van der Waals surface area contributed by atoms with Gasteiger partial charge in [0.1, 0.15) is 0 Å². The molecule has 14 heavy (non-hydrogen) atoms. The smallest absolute Gasteiger partial charge is 0.223 e. The van der Waals surface area contributed by atoms with Gasteiger partial charge < -0.3 is 4.52 Å². The number of nitrogens with zero attached hydrogens (tertiary/aromatic N) is 3. The van der Waals surface area contributed by atoms with Gasteiger partial charge >= 0.3 is 0 Å². The number of rotatable bonds is 1. The van der Waals surface area contributed by atoms with Crippen LogP contribution in [0.3, 0.4) is 0 Å². The van der Waals surface area contributed by atoms with Crippen LogP contribution < -0.4 is 0 Å². The molecule has 0 spiro atoms. The van der Waals surface area contributed by atoms with E-state index in [4.69, 9.17) is 4.52 Å². The van der Waals surface area contributed by atoms with Crippen molar-refractivity contribution >= 4 is 0 Å². The first-order valence-corrected chi connectivity index (χ1v) is 3.99. The number of aryl methyl sites for hydroxylation is 2. The van der Waals surface area contributed by atoms with E-state index in [0.29, 0.717) is 11.7 Å². The maximum absolute atomic E-state index is 4.88. The van der Waals surface area contributed by atoms with Crippen molar-refractivity contribution < 1.29 is 4.52 Å². The van der Waals surface area contributed by atoms with Gasteiger partial charge in [-0.05, 0) is 19.1 Å². The summed E-state index contributed by atoms with van der Waals surface area (Å²) in [7, 11) is 0. The minimum Gasteiger partial charge on any atom is -0.339 e. The van der Waals surface area contributed by atoms with Gasteiger partial charge in [-0.3, -0.25) is 4.98 Å². The summed E-state index contributed by atoms with van der Waals surface area (Å²) in [4.78, 5) is 8.20. The third-order valence-corrected chi connectivity index (χ3v) is 1.68. The number of aromatic nitrogens is 3. The SMILES string of the molecule is C.Cc1cc(-c2noc(C)n2)ccn1. The molecule has 4 heteroatoms. The van der Waals surface area contributed by atoms with Crippen LogP contribution in [0, 0.1) is 13.8 Å². The first kappa shape index (κ1) is 10.4. The van der Waals surface area contributed by atoms with Crippen LogP contribution in [0.1, 0.15) is 19.0 Å². The van der Waals surface area contributed by atoms with E-state index in [2.05, 4.69) is 15.1 Å². The van der Waals surface area contributed by atoms with Crippen molar-refractivity contribution in [2.75, 3.05) is 0 Å². The van der Waals surface area contributed by atoms with Gasteiger partial charge in [0.2, 0.25) is 11.7 Å². The molecule has 0 saturated carbocycles. The molecule has 4 nitrogen and oxygen atoms in total. The summed E-state index contributed by atoms with van der Waals surface area (Å²) in [6.07, 6.45) is 1.73. The summed E-state index contributed by atoms with van der Waals surface area (Å²) in [6, 6.07) is 3.78. The molecule has 0 aliphatic carbocycles. The van der Waals surface area contributed by atoms with Gasteiger partial charge in [-0.15, -0.1) is 0 Å². The number of pyridine rings is 1. The van der Waals surface area contributed by atoms with E-state index in [1.807, 2.05) is 19.1 Å². The summed E-state index contributed by atoms with van der Waals surface area (Å²) in [5.74, 6) is 1.19. The summed E-state index contributed by atoms with van der Waals surface area (Å²) >= 11 is 0. The molecule has 0 aliphatic heterocycles. The Morgan fingerprint density at radius 2 is 2.07 bits per heavy atom. The van der Waals surface area contributed by atoms with E-state index in [-0.39, 0.29) is 7.43 Å². The zero-order valence-corrected chi connectivity index (χ0v) is 7.48. The Morgan fingerprint density at radius 3 is 2.64 bits per heavy atom. The molecule has 2 heterocycles. The van der Waals surface area contributed by atoms with Crippen LogP contribution >= 0.6 is 0 Å². The highest BCUT2D eigenvalue weighted by Gasteiger charge is 2.04. The molecule has 2 aromatic heterocycles. The topological polar surface area (TPSA) is 51.8 Å². The summed E-state index contributed by atoms with van der Waals surface area (Å²) in [6.45, 7) is 3.70. The zero-order chi connectivity index (χ0) is 9.26. The fourth-order valence-corrected chi connectivity index (χ4v) is 1.10. The molecule has 0 aromatic carbocycles. The molecule has 0 N–H and O–H groups in total. The molecule has 0 fully saturated rings. The Morgan fingerprint density at radius 1 is 1.29 bits per heavy atom. The molecule has 0 unspecified atom stereocenters. The van der Waals surface area contributed by atoms with E-state index in [1.54, 1.807) is 13.1 Å². The highest BCUT2D eigenvalue weighted by molar-refractivity contribution is 5.53.